The number of fused-ring (bicyclic) bond motifs is 2. The Bertz CT molecular complexity index is 1210. The minimum atomic E-state index is -3.72. The van der Waals surface area contributed by atoms with Gasteiger partial charge in [0.2, 0.25) is 10.0 Å². The van der Waals surface area contributed by atoms with Gasteiger partial charge < -0.3 is 5.11 Å². The maximum Gasteiger partial charge on any atom is 0.240 e. The lowest BCUT2D eigenvalue weighted by molar-refractivity contribution is 0.183. The molecule has 4 nitrogen and oxygen atoms in total. The molecule has 0 saturated carbocycles. The van der Waals surface area contributed by atoms with Crippen LogP contribution in [0.1, 0.15) is 11.7 Å². The number of aliphatic hydroxyl groups is 1. The van der Waals surface area contributed by atoms with Crippen molar-refractivity contribution in [1.29, 1.82) is 0 Å². The van der Waals surface area contributed by atoms with E-state index in [2.05, 4.69) is 4.72 Å². The SMILES string of the molecule is O=S(=O)(NCC(O)c1cccc2ccccc12)c1ccc2ccccc2c1. The fraction of sp³-hybridized carbons (Fsp3) is 0.0909. The number of hydrogen-bond acceptors (Lipinski definition) is 3. The maximum atomic E-state index is 12.7. The van der Waals surface area contributed by atoms with E-state index in [1.54, 1.807) is 18.2 Å². The Morgan fingerprint density at radius 3 is 2.26 bits per heavy atom. The van der Waals surface area contributed by atoms with Gasteiger partial charge in [-0.3, -0.25) is 0 Å². The zero-order valence-electron chi connectivity index (χ0n) is 14.5. The van der Waals surface area contributed by atoms with Gasteiger partial charge in [-0.25, -0.2) is 13.1 Å². The third-order valence-electron chi connectivity index (χ3n) is 4.68. The first-order valence-electron chi connectivity index (χ1n) is 8.69. The fourth-order valence-corrected chi connectivity index (χ4v) is 4.33. The molecule has 0 fully saturated rings. The van der Waals surface area contributed by atoms with E-state index >= 15 is 0 Å². The van der Waals surface area contributed by atoms with Crippen molar-refractivity contribution in [2.24, 2.45) is 0 Å². The van der Waals surface area contributed by atoms with Gasteiger partial charge in [-0.05, 0) is 39.2 Å². The normalized spacial score (nSPS) is 13.1. The van der Waals surface area contributed by atoms with Crippen LogP contribution in [-0.2, 0) is 10.0 Å². The molecule has 5 heteroatoms. The van der Waals surface area contributed by atoms with Gasteiger partial charge in [-0.1, -0.05) is 72.8 Å². The van der Waals surface area contributed by atoms with Crippen molar-refractivity contribution in [1.82, 2.24) is 4.72 Å². The molecule has 4 aromatic rings. The Morgan fingerprint density at radius 2 is 1.44 bits per heavy atom. The highest BCUT2D eigenvalue weighted by atomic mass is 32.2. The quantitative estimate of drug-likeness (QED) is 0.552. The Balaban J connectivity index is 1.57. The lowest BCUT2D eigenvalue weighted by Crippen LogP contribution is -2.28. The molecular formula is C22H19NO3S. The molecule has 0 aliphatic carbocycles. The van der Waals surface area contributed by atoms with Crippen molar-refractivity contribution in [2.45, 2.75) is 11.0 Å². The van der Waals surface area contributed by atoms with Gasteiger partial charge in [-0.15, -0.1) is 0 Å². The summed E-state index contributed by atoms with van der Waals surface area (Å²) in [6.07, 6.45) is -0.939. The average molecular weight is 377 g/mol. The second-order valence-electron chi connectivity index (χ2n) is 6.45. The van der Waals surface area contributed by atoms with Crippen LogP contribution in [0, 0.1) is 0 Å². The van der Waals surface area contributed by atoms with E-state index in [1.807, 2.05) is 66.7 Å². The van der Waals surface area contributed by atoms with Crippen LogP contribution in [0.5, 0.6) is 0 Å². The summed E-state index contributed by atoms with van der Waals surface area (Å²) in [6, 6.07) is 26.0. The van der Waals surface area contributed by atoms with Crippen LogP contribution in [-0.4, -0.2) is 20.1 Å². The van der Waals surface area contributed by atoms with Gasteiger partial charge in [0.15, 0.2) is 0 Å². The predicted octanol–water partition coefficient (Wildman–Crippen LogP) is 4.00. The molecule has 27 heavy (non-hydrogen) atoms. The summed E-state index contributed by atoms with van der Waals surface area (Å²) in [5, 5.41) is 14.3. The molecule has 0 aliphatic heterocycles. The highest BCUT2D eigenvalue weighted by Crippen LogP contribution is 2.24. The van der Waals surface area contributed by atoms with Gasteiger partial charge >= 0.3 is 0 Å². The van der Waals surface area contributed by atoms with Crippen molar-refractivity contribution in [3.8, 4) is 0 Å². The predicted molar refractivity (Wildman–Crippen MR) is 108 cm³/mol. The number of benzene rings is 4. The highest BCUT2D eigenvalue weighted by Gasteiger charge is 2.18. The molecule has 0 saturated heterocycles. The van der Waals surface area contributed by atoms with E-state index in [1.165, 1.54) is 0 Å². The summed E-state index contributed by atoms with van der Waals surface area (Å²) >= 11 is 0. The topological polar surface area (TPSA) is 66.4 Å². The molecule has 1 atom stereocenters. The van der Waals surface area contributed by atoms with Gasteiger partial charge in [0, 0.05) is 6.54 Å². The average Bonchev–Trinajstić information content (AvgIpc) is 2.71. The Morgan fingerprint density at radius 1 is 0.778 bits per heavy atom. The molecule has 2 N–H and O–H groups in total. The fourth-order valence-electron chi connectivity index (χ4n) is 3.26. The summed E-state index contributed by atoms with van der Waals surface area (Å²) < 4.78 is 27.8. The molecule has 0 spiro atoms. The largest absolute Gasteiger partial charge is 0.387 e. The van der Waals surface area contributed by atoms with E-state index in [-0.39, 0.29) is 11.4 Å². The molecule has 0 amide bonds. The van der Waals surface area contributed by atoms with Crippen molar-refractivity contribution < 1.29 is 13.5 Å². The van der Waals surface area contributed by atoms with Crippen LogP contribution in [0.3, 0.4) is 0 Å². The lowest BCUT2D eigenvalue weighted by Gasteiger charge is -2.15. The van der Waals surface area contributed by atoms with Crippen LogP contribution in [0.15, 0.2) is 89.8 Å². The number of rotatable bonds is 5. The van der Waals surface area contributed by atoms with E-state index in [9.17, 15) is 13.5 Å². The van der Waals surface area contributed by atoms with Crippen LogP contribution < -0.4 is 4.72 Å². The summed E-state index contributed by atoms with van der Waals surface area (Å²) in [6.45, 7) is -0.0941. The first-order valence-corrected chi connectivity index (χ1v) is 10.2. The number of nitrogens with one attached hydrogen (secondary N) is 1. The molecule has 0 aliphatic rings. The molecule has 0 aromatic heterocycles. The zero-order chi connectivity index (χ0) is 18.9. The summed E-state index contributed by atoms with van der Waals surface area (Å²) in [4.78, 5) is 0.186. The standard InChI is InChI=1S/C22H19NO3S/c24-22(21-11-5-9-17-7-3-4-10-20(17)21)15-23-27(25,26)19-13-12-16-6-1-2-8-18(16)14-19/h1-14,22-24H,15H2. The van der Waals surface area contributed by atoms with Crippen LogP contribution in [0.2, 0.25) is 0 Å². The second-order valence-corrected chi connectivity index (χ2v) is 8.21. The minimum Gasteiger partial charge on any atom is -0.387 e. The van der Waals surface area contributed by atoms with Gasteiger partial charge in [0.25, 0.3) is 0 Å². The van der Waals surface area contributed by atoms with Crippen molar-refractivity contribution in [3.63, 3.8) is 0 Å². The minimum absolute atomic E-state index is 0.0941. The van der Waals surface area contributed by atoms with E-state index in [0.29, 0.717) is 5.56 Å². The van der Waals surface area contributed by atoms with E-state index < -0.39 is 16.1 Å². The number of sulfonamides is 1. The molecule has 4 rings (SSSR count). The maximum absolute atomic E-state index is 12.7. The Kier molecular flexibility index (Phi) is 4.66. The van der Waals surface area contributed by atoms with Crippen molar-refractivity contribution in [2.75, 3.05) is 6.54 Å². The highest BCUT2D eigenvalue weighted by molar-refractivity contribution is 7.89. The monoisotopic (exact) mass is 377 g/mol. The Hall–Kier alpha value is -2.73. The van der Waals surface area contributed by atoms with Gasteiger partial charge in [-0.2, -0.15) is 0 Å². The summed E-state index contributed by atoms with van der Waals surface area (Å²) in [5.41, 5.74) is 0.703. The Labute approximate surface area is 158 Å². The van der Waals surface area contributed by atoms with Crippen LogP contribution in [0.4, 0.5) is 0 Å². The van der Waals surface area contributed by atoms with Crippen molar-refractivity contribution in [3.05, 3.63) is 90.5 Å². The molecule has 1 unspecified atom stereocenters. The summed E-state index contributed by atoms with van der Waals surface area (Å²) in [5.74, 6) is 0. The zero-order valence-corrected chi connectivity index (χ0v) is 15.4. The molecule has 0 bridgehead atoms. The van der Waals surface area contributed by atoms with E-state index in [4.69, 9.17) is 0 Å². The summed E-state index contributed by atoms with van der Waals surface area (Å²) in [7, 11) is -3.72. The first-order chi connectivity index (χ1) is 13.0. The molecular weight excluding hydrogens is 358 g/mol. The molecule has 136 valence electrons. The van der Waals surface area contributed by atoms with Crippen LogP contribution >= 0.6 is 0 Å². The third-order valence-corrected chi connectivity index (χ3v) is 6.10. The molecule has 0 radical (unpaired) electrons. The van der Waals surface area contributed by atoms with Crippen molar-refractivity contribution >= 4 is 31.6 Å². The smallest absolute Gasteiger partial charge is 0.240 e. The third kappa shape index (κ3) is 3.57. The lowest BCUT2D eigenvalue weighted by atomic mass is 10.0. The van der Waals surface area contributed by atoms with E-state index in [0.717, 1.165) is 21.5 Å². The second kappa shape index (κ2) is 7.12. The number of hydrogen-bond donors (Lipinski definition) is 2. The van der Waals surface area contributed by atoms with Crippen LogP contribution in [0.25, 0.3) is 21.5 Å². The van der Waals surface area contributed by atoms with Gasteiger partial charge in [0.05, 0.1) is 11.0 Å². The first kappa shape index (κ1) is 17.7. The molecule has 4 aromatic carbocycles. The van der Waals surface area contributed by atoms with Gasteiger partial charge in [0.1, 0.15) is 0 Å². The number of aliphatic hydroxyl groups excluding tert-OH is 1. The molecule has 0 heterocycles.